The molecular weight excluding hydrogens is 192 g/mol. The first-order valence-electron chi connectivity index (χ1n) is 4.67. The summed E-state index contributed by atoms with van der Waals surface area (Å²) >= 11 is 0. The van der Waals surface area contributed by atoms with Gasteiger partial charge in [-0.3, -0.25) is 4.79 Å². The Kier molecular flexibility index (Phi) is 2.37. The number of likely N-dealkylation sites (N-methyl/N-ethyl adjacent to an activating group) is 1. The molecule has 0 aliphatic rings. The summed E-state index contributed by atoms with van der Waals surface area (Å²) in [5.74, 6) is -0.0182. The van der Waals surface area contributed by atoms with E-state index in [4.69, 9.17) is 0 Å². The first kappa shape index (κ1) is 9.64. The lowest BCUT2D eigenvalue weighted by Crippen LogP contribution is -2.27. The molecule has 1 aromatic heterocycles. The number of nitrogens with zero attached hydrogens (tertiary/aromatic N) is 4. The van der Waals surface area contributed by atoms with Gasteiger partial charge in [0, 0.05) is 14.1 Å². The minimum atomic E-state index is -0.0182. The lowest BCUT2D eigenvalue weighted by atomic mass is 10.3. The van der Waals surface area contributed by atoms with E-state index in [9.17, 15) is 4.79 Å². The van der Waals surface area contributed by atoms with E-state index in [2.05, 4.69) is 10.2 Å². The largest absolute Gasteiger partial charge is 0.347 e. The van der Waals surface area contributed by atoms with Crippen molar-refractivity contribution < 1.29 is 4.79 Å². The molecule has 1 heterocycles. The first-order valence-corrected chi connectivity index (χ1v) is 4.67. The Morgan fingerprint density at radius 1 is 1.27 bits per heavy atom. The molecule has 1 aromatic carbocycles. The second-order valence-electron chi connectivity index (χ2n) is 3.51. The van der Waals surface area contributed by atoms with Crippen molar-refractivity contribution in [1.29, 1.82) is 0 Å². The SMILES string of the molecule is CN(C)C(=O)Cn1nc2ccccc2n1. The van der Waals surface area contributed by atoms with Crippen molar-refractivity contribution in [3.8, 4) is 0 Å². The van der Waals surface area contributed by atoms with Crippen molar-refractivity contribution in [2.24, 2.45) is 0 Å². The Labute approximate surface area is 87.3 Å². The predicted octanol–water partition coefficient (Wildman–Crippen LogP) is 0.519. The second kappa shape index (κ2) is 3.68. The molecule has 0 spiro atoms. The normalized spacial score (nSPS) is 10.5. The molecule has 15 heavy (non-hydrogen) atoms. The molecule has 0 saturated carbocycles. The molecule has 5 nitrogen and oxygen atoms in total. The minimum absolute atomic E-state index is 0.0182. The fourth-order valence-corrected chi connectivity index (χ4v) is 1.24. The maximum Gasteiger partial charge on any atom is 0.245 e. The van der Waals surface area contributed by atoms with Crippen LogP contribution in [-0.4, -0.2) is 39.9 Å². The minimum Gasteiger partial charge on any atom is -0.347 e. The molecule has 0 fully saturated rings. The highest BCUT2D eigenvalue weighted by Crippen LogP contribution is 2.06. The van der Waals surface area contributed by atoms with Gasteiger partial charge in [0.2, 0.25) is 5.91 Å². The standard InChI is InChI=1S/C10H12N4O/c1-13(2)10(15)7-14-11-8-5-3-4-6-9(8)12-14/h3-6H,7H2,1-2H3. The predicted molar refractivity (Wildman–Crippen MR) is 56.2 cm³/mol. The number of aromatic nitrogens is 3. The smallest absolute Gasteiger partial charge is 0.245 e. The van der Waals surface area contributed by atoms with E-state index >= 15 is 0 Å². The van der Waals surface area contributed by atoms with Gasteiger partial charge in [-0.05, 0) is 12.1 Å². The average Bonchev–Trinajstić information content (AvgIpc) is 2.59. The van der Waals surface area contributed by atoms with Crippen LogP contribution in [0.15, 0.2) is 24.3 Å². The topological polar surface area (TPSA) is 51.0 Å². The van der Waals surface area contributed by atoms with Crippen LogP contribution in [0.5, 0.6) is 0 Å². The van der Waals surface area contributed by atoms with Gasteiger partial charge in [-0.2, -0.15) is 15.0 Å². The summed E-state index contributed by atoms with van der Waals surface area (Å²) in [5, 5.41) is 8.39. The fraction of sp³-hybridized carbons (Fsp3) is 0.300. The van der Waals surface area contributed by atoms with E-state index in [0.29, 0.717) is 0 Å². The van der Waals surface area contributed by atoms with Gasteiger partial charge in [-0.15, -0.1) is 0 Å². The molecule has 1 amide bonds. The molecule has 0 radical (unpaired) electrons. The van der Waals surface area contributed by atoms with Crippen molar-refractivity contribution in [3.63, 3.8) is 0 Å². The Morgan fingerprint density at radius 2 is 1.80 bits per heavy atom. The van der Waals surface area contributed by atoms with Gasteiger partial charge in [0.15, 0.2) is 0 Å². The Bertz CT molecular complexity index is 456. The zero-order chi connectivity index (χ0) is 10.8. The molecule has 0 atom stereocenters. The van der Waals surface area contributed by atoms with Crippen LogP contribution in [0.25, 0.3) is 11.0 Å². The highest BCUT2D eigenvalue weighted by Gasteiger charge is 2.07. The lowest BCUT2D eigenvalue weighted by Gasteiger charge is -2.08. The number of hydrogen-bond donors (Lipinski definition) is 0. The van der Waals surface area contributed by atoms with Gasteiger partial charge < -0.3 is 4.90 Å². The van der Waals surface area contributed by atoms with Crippen molar-refractivity contribution in [3.05, 3.63) is 24.3 Å². The Balaban J connectivity index is 2.26. The van der Waals surface area contributed by atoms with Gasteiger partial charge in [0.25, 0.3) is 0 Å². The van der Waals surface area contributed by atoms with Crippen molar-refractivity contribution in [1.82, 2.24) is 19.9 Å². The van der Waals surface area contributed by atoms with Crippen molar-refractivity contribution >= 4 is 16.9 Å². The summed E-state index contributed by atoms with van der Waals surface area (Å²) in [6.07, 6.45) is 0. The van der Waals surface area contributed by atoms with Crippen molar-refractivity contribution in [2.45, 2.75) is 6.54 Å². The number of hydrogen-bond acceptors (Lipinski definition) is 3. The maximum atomic E-state index is 11.4. The average molecular weight is 204 g/mol. The molecule has 0 unspecified atom stereocenters. The third-order valence-electron chi connectivity index (χ3n) is 2.10. The van der Waals surface area contributed by atoms with Gasteiger partial charge in [-0.25, -0.2) is 0 Å². The summed E-state index contributed by atoms with van der Waals surface area (Å²) in [6.45, 7) is 0.182. The number of rotatable bonds is 2. The van der Waals surface area contributed by atoms with Crippen LogP contribution in [0.1, 0.15) is 0 Å². The van der Waals surface area contributed by atoms with Crippen LogP contribution in [0.3, 0.4) is 0 Å². The van der Waals surface area contributed by atoms with Crippen molar-refractivity contribution in [2.75, 3.05) is 14.1 Å². The number of amides is 1. The summed E-state index contributed by atoms with van der Waals surface area (Å²) in [7, 11) is 3.43. The number of fused-ring (bicyclic) bond motifs is 1. The van der Waals surface area contributed by atoms with Gasteiger partial charge >= 0.3 is 0 Å². The number of carbonyl (C=O) groups excluding carboxylic acids is 1. The zero-order valence-corrected chi connectivity index (χ0v) is 8.71. The number of carbonyl (C=O) groups is 1. The van der Waals surface area contributed by atoms with E-state index in [1.54, 1.807) is 14.1 Å². The highest BCUT2D eigenvalue weighted by atomic mass is 16.2. The monoisotopic (exact) mass is 204 g/mol. The van der Waals surface area contributed by atoms with E-state index < -0.39 is 0 Å². The lowest BCUT2D eigenvalue weighted by molar-refractivity contribution is -0.129. The second-order valence-corrected chi connectivity index (χ2v) is 3.51. The molecule has 2 rings (SSSR count). The Hall–Kier alpha value is -1.91. The third kappa shape index (κ3) is 1.96. The molecule has 5 heteroatoms. The first-order chi connectivity index (χ1) is 7.16. The molecule has 0 saturated heterocycles. The van der Waals surface area contributed by atoms with E-state index in [1.807, 2.05) is 24.3 Å². The van der Waals surface area contributed by atoms with Crippen LogP contribution < -0.4 is 0 Å². The molecule has 0 aliphatic carbocycles. The maximum absolute atomic E-state index is 11.4. The van der Waals surface area contributed by atoms with E-state index in [1.165, 1.54) is 9.70 Å². The molecule has 0 aliphatic heterocycles. The van der Waals surface area contributed by atoms with Crippen LogP contribution in [0.2, 0.25) is 0 Å². The number of benzene rings is 1. The van der Waals surface area contributed by atoms with Gasteiger partial charge in [-0.1, -0.05) is 12.1 Å². The summed E-state index contributed by atoms with van der Waals surface area (Å²) in [5.41, 5.74) is 1.62. The summed E-state index contributed by atoms with van der Waals surface area (Å²) < 4.78 is 0. The van der Waals surface area contributed by atoms with E-state index in [-0.39, 0.29) is 12.5 Å². The molecular formula is C10H12N4O. The molecule has 2 aromatic rings. The third-order valence-corrected chi connectivity index (χ3v) is 2.10. The quantitative estimate of drug-likeness (QED) is 0.716. The summed E-state index contributed by atoms with van der Waals surface area (Å²) in [6, 6.07) is 7.54. The van der Waals surface area contributed by atoms with E-state index in [0.717, 1.165) is 11.0 Å². The van der Waals surface area contributed by atoms with Crippen LogP contribution in [0.4, 0.5) is 0 Å². The van der Waals surface area contributed by atoms with Crippen LogP contribution >= 0.6 is 0 Å². The Morgan fingerprint density at radius 3 is 2.27 bits per heavy atom. The van der Waals surface area contributed by atoms with Crippen LogP contribution in [-0.2, 0) is 11.3 Å². The van der Waals surface area contributed by atoms with Gasteiger partial charge in [0.05, 0.1) is 0 Å². The molecule has 0 N–H and O–H groups in total. The molecule has 0 bridgehead atoms. The highest BCUT2D eigenvalue weighted by molar-refractivity contribution is 5.76. The fourth-order valence-electron chi connectivity index (χ4n) is 1.24. The van der Waals surface area contributed by atoms with Gasteiger partial charge in [0.1, 0.15) is 17.6 Å². The summed E-state index contributed by atoms with van der Waals surface area (Å²) in [4.78, 5) is 14.4. The van der Waals surface area contributed by atoms with Crippen LogP contribution in [0, 0.1) is 0 Å². The zero-order valence-electron chi connectivity index (χ0n) is 8.71. The molecule has 78 valence electrons.